The van der Waals surface area contributed by atoms with Crippen LogP contribution in [0.5, 0.6) is 5.75 Å². The number of aromatic carboxylic acids is 1. The van der Waals surface area contributed by atoms with E-state index in [1.54, 1.807) is 0 Å². The number of hydrogen-bond donors (Lipinski definition) is 3. The van der Waals surface area contributed by atoms with Gasteiger partial charge >= 0.3 is 12.1 Å². The van der Waals surface area contributed by atoms with Gasteiger partial charge in [-0.25, -0.2) is 9.78 Å². The second-order valence-electron chi connectivity index (χ2n) is 5.26. The average molecular weight is 421 g/mol. The largest absolute Gasteiger partial charge is 0.483 e. The Hall–Kier alpha value is -2.72. The Morgan fingerprint density at radius 1 is 1.26 bits per heavy atom. The number of carbonyl (C=O) groups is 1. The molecule has 0 atom stereocenters. The smallest absolute Gasteiger partial charge is 0.422 e. The number of fused-ring (bicyclic) bond motifs is 1. The number of carboxylic acids is 1. The van der Waals surface area contributed by atoms with E-state index in [0.29, 0.717) is 5.69 Å². The molecule has 0 unspecified atom stereocenters. The van der Waals surface area contributed by atoms with Crippen LogP contribution in [0.25, 0.3) is 11.0 Å². The van der Waals surface area contributed by atoms with E-state index in [1.807, 2.05) is 0 Å². The Labute approximate surface area is 159 Å². The van der Waals surface area contributed by atoms with Crippen molar-refractivity contribution in [1.82, 2.24) is 15.0 Å². The van der Waals surface area contributed by atoms with E-state index in [0.717, 1.165) is 12.1 Å². The third-order valence-electron chi connectivity index (χ3n) is 3.30. The third-order valence-corrected chi connectivity index (χ3v) is 3.87. The van der Waals surface area contributed by atoms with Gasteiger partial charge in [-0.05, 0) is 6.07 Å². The van der Waals surface area contributed by atoms with Gasteiger partial charge in [-0.1, -0.05) is 23.2 Å². The first-order valence-corrected chi connectivity index (χ1v) is 7.92. The van der Waals surface area contributed by atoms with E-state index in [-0.39, 0.29) is 27.0 Å². The van der Waals surface area contributed by atoms with Crippen molar-refractivity contribution in [3.05, 3.63) is 40.1 Å². The van der Waals surface area contributed by atoms with E-state index < -0.39 is 30.1 Å². The van der Waals surface area contributed by atoms with Gasteiger partial charge in [0.25, 0.3) is 0 Å². The van der Waals surface area contributed by atoms with Crippen LogP contribution in [0.3, 0.4) is 0 Å². The fourth-order valence-electron chi connectivity index (χ4n) is 2.19. The molecule has 2 aromatic heterocycles. The van der Waals surface area contributed by atoms with E-state index in [2.05, 4.69) is 25.0 Å². The highest BCUT2D eigenvalue weighted by molar-refractivity contribution is 6.39. The SMILES string of the molecule is O=C(O)c1cc2nc(Nc3c(Cl)cncc3Cl)[nH]c2cc1OCC(F)(F)F. The molecule has 0 bridgehead atoms. The number of anilines is 2. The van der Waals surface area contributed by atoms with Crippen LogP contribution < -0.4 is 10.1 Å². The molecular weight excluding hydrogens is 412 g/mol. The predicted octanol–water partition coefficient (Wildman–Crippen LogP) is 4.65. The van der Waals surface area contributed by atoms with Gasteiger partial charge in [-0.15, -0.1) is 0 Å². The molecule has 3 rings (SSSR count). The number of pyridine rings is 1. The molecule has 1 aromatic carbocycles. The van der Waals surface area contributed by atoms with Crippen LogP contribution in [0.15, 0.2) is 24.5 Å². The molecule has 12 heteroatoms. The second-order valence-corrected chi connectivity index (χ2v) is 6.08. The molecule has 0 saturated carbocycles. The third kappa shape index (κ3) is 4.34. The Bertz CT molecular complexity index is 1000. The lowest BCUT2D eigenvalue weighted by atomic mass is 10.2. The number of ether oxygens (including phenoxy) is 1. The van der Waals surface area contributed by atoms with Crippen LogP contribution in [-0.2, 0) is 0 Å². The number of imidazole rings is 1. The summed E-state index contributed by atoms with van der Waals surface area (Å²) in [6, 6.07) is 2.22. The van der Waals surface area contributed by atoms with E-state index in [9.17, 15) is 23.1 Å². The number of alkyl halides is 3. The van der Waals surface area contributed by atoms with Gasteiger partial charge in [0.2, 0.25) is 5.95 Å². The summed E-state index contributed by atoms with van der Waals surface area (Å²) in [7, 11) is 0. The first kappa shape index (κ1) is 19.1. The quantitative estimate of drug-likeness (QED) is 0.555. The summed E-state index contributed by atoms with van der Waals surface area (Å²) >= 11 is 12.0. The molecule has 0 aliphatic carbocycles. The maximum Gasteiger partial charge on any atom is 0.422 e. The average Bonchev–Trinajstić information content (AvgIpc) is 2.96. The molecule has 0 aliphatic rings. The number of rotatable bonds is 5. The summed E-state index contributed by atoms with van der Waals surface area (Å²) in [5.74, 6) is -1.75. The molecule has 2 heterocycles. The topological polar surface area (TPSA) is 100 Å². The van der Waals surface area contributed by atoms with Crippen LogP contribution >= 0.6 is 23.2 Å². The summed E-state index contributed by atoms with van der Waals surface area (Å²) in [6.45, 7) is -1.62. The lowest BCUT2D eigenvalue weighted by molar-refractivity contribution is -0.153. The number of hydrogen-bond acceptors (Lipinski definition) is 5. The second kappa shape index (κ2) is 7.12. The van der Waals surface area contributed by atoms with Crippen molar-refractivity contribution in [2.75, 3.05) is 11.9 Å². The van der Waals surface area contributed by atoms with Gasteiger partial charge < -0.3 is 20.1 Å². The van der Waals surface area contributed by atoms with Gasteiger partial charge in [0, 0.05) is 18.5 Å². The molecule has 7 nitrogen and oxygen atoms in total. The van der Waals surface area contributed by atoms with Crippen molar-refractivity contribution in [3.63, 3.8) is 0 Å². The molecule has 0 amide bonds. The molecule has 0 fully saturated rings. The van der Waals surface area contributed by atoms with Crippen molar-refractivity contribution in [1.29, 1.82) is 0 Å². The number of carboxylic acid groups (broad SMARTS) is 1. The zero-order valence-corrected chi connectivity index (χ0v) is 14.6. The highest BCUT2D eigenvalue weighted by atomic mass is 35.5. The Kier molecular flexibility index (Phi) is 5.03. The first-order chi connectivity index (χ1) is 12.6. The summed E-state index contributed by atoms with van der Waals surface area (Å²) in [5, 5.41) is 12.5. The Morgan fingerprint density at radius 2 is 1.93 bits per heavy atom. The number of benzene rings is 1. The van der Waals surface area contributed by atoms with Crippen molar-refractivity contribution in [2.24, 2.45) is 0 Å². The lowest BCUT2D eigenvalue weighted by Gasteiger charge is -2.11. The normalized spacial score (nSPS) is 11.6. The minimum Gasteiger partial charge on any atom is -0.483 e. The zero-order chi connectivity index (χ0) is 19.8. The minimum absolute atomic E-state index is 0.143. The van der Waals surface area contributed by atoms with E-state index in [1.165, 1.54) is 12.4 Å². The van der Waals surface area contributed by atoms with E-state index >= 15 is 0 Å². The Balaban J connectivity index is 1.98. The number of aromatic nitrogens is 3. The molecule has 0 saturated heterocycles. The van der Waals surface area contributed by atoms with Gasteiger partial charge in [-0.2, -0.15) is 13.2 Å². The zero-order valence-electron chi connectivity index (χ0n) is 13.1. The number of halogens is 5. The van der Waals surface area contributed by atoms with Crippen LogP contribution in [0.2, 0.25) is 10.0 Å². The lowest BCUT2D eigenvalue weighted by Crippen LogP contribution is -2.20. The van der Waals surface area contributed by atoms with Gasteiger partial charge in [0.05, 0.1) is 26.8 Å². The van der Waals surface area contributed by atoms with Crippen LogP contribution in [-0.4, -0.2) is 38.8 Å². The molecule has 0 aliphatic heterocycles. The number of aromatic amines is 1. The standard InChI is InChI=1S/C15H9Cl2F3N4O3/c16-7-3-21-4-8(17)12(7)24-14-22-9-1-6(13(25)26)11(2-10(9)23-14)27-5-15(18,19)20/h1-4H,5H2,(H,25,26)(H2,21,22,23,24). The van der Waals surface area contributed by atoms with Crippen molar-refractivity contribution in [2.45, 2.75) is 6.18 Å². The molecule has 0 spiro atoms. The van der Waals surface area contributed by atoms with Gasteiger partial charge in [0.15, 0.2) is 6.61 Å². The summed E-state index contributed by atoms with van der Waals surface area (Å²) in [4.78, 5) is 22.0. The fraction of sp³-hybridized carbons (Fsp3) is 0.133. The maximum atomic E-state index is 12.4. The van der Waals surface area contributed by atoms with Crippen LogP contribution in [0.1, 0.15) is 10.4 Å². The molecule has 27 heavy (non-hydrogen) atoms. The summed E-state index contributed by atoms with van der Waals surface area (Å²) in [6.07, 6.45) is -1.91. The summed E-state index contributed by atoms with van der Waals surface area (Å²) < 4.78 is 41.7. The van der Waals surface area contributed by atoms with Crippen LogP contribution in [0, 0.1) is 0 Å². The van der Waals surface area contributed by atoms with Gasteiger partial charge in [0.1, 0.15) is 11.3 Å². The van der Waals surface area contributed by atoms with E-state index in [4.69, 9.17) is 23.2 Å². The number of nitrogens with zero attached hydrogens (tertiary/aromatic N) is 2. The summed E-state index contributed by atoms with van der Waals surface area (Å²) in [5.41, 5.74) is 0.292. The highest BCUT2D eigenvalue weighted by Crippen LogP contribution is 2.32. The molecule has 3 N–H and O–H groups in total. The van der Waals surface area contributed by atoms with Crippen molar-refractivity contribution in [3.8, 4) is 5.75 Å². The molecular formula is C15H9Cl2F3N4O3. The van der Waals surface area contributed by atoms with Crippen molar-refractivity contribution >= 4 is 51.8 Å². The number of H-pyrrole nitrogens is 1. The molecule has 3 aromatic rings. The predicted molar refractivity (Wildman–Crippen MR) is 92.1 cm³/mol. The minimum atomic E-state index is -4.61. The molecule has 142 valence electrons. The van der Waals surface area contributed by atoms with Crippen LogP contribution in [0.4, 0.5) is 24.8 Å². The monoisotopic (exact) mass is 420 g/mol. The maximum absolute atomic E-state index is 12.4. The van der Waals surface area contributed by atoms with Crippen molar-refractivity contribution < 1.29 is 27.8 Å². The molecule has 0 radical (unpaired) electrons. The Morgan fingerprint density at radius 3 is 2.52 bits per heavy atom. The first-order valence-electron chi connectivity index (χ1n) is 7.16. The van der Waals surface area contributed by atoms with Gasteiger partial charge in [-0.3, -0.25) is 4.98 Å². The fourth-order valence-corrected chi connectivity index (χ4v) is 2.65. The highest BCUT2D eigenvalue weighted by Gasteiger charge is 2.29. The number of nitrogens with one attached hydrogen (secondary N) is 2.